The molecule has 1 saturated heterocycles. The first-order valence-corrected chi connectivity index (χ1v) is 6.10. The third kappa shape index (κ3) is 2.17. The van der Waals surface area contributed by atoms with Gasteiger partial charge in [-0.05, 0) is 32.6 Å². The molecule has 3 heteroatoms. The van der Waals surface area contributed by atoms with Crippen LogP contribution in [-0.4, -0.2) is 35.0 Å². The zero-order valence-corrected chi connectivity index (χ0v) is 10.0. The fourth-order valence-corrected chi connectivity index (χ4v) is 2.42. The summed E-state index contributed by atoms with van der Waals surface area (Å²) in [5.41, 5.74) is 0.203. The van der Waals surface area contributed by atoms with Crippen LogP contribution < -0.4 is 5.32 Å². The molecule has 1 aliphatic carbocycles. The fraction of sp³-hybridized carbons (Fsp3) is 0.917. The first kappa shape index (κ1) is 10.9. The molecule has 0 aromatic carbocycles. The van der Waals surface area contributed by atoms with Crippen molar-refractivity contribution in [1.82, 2.24) is 10.2 Å². The Morgan fingerprint density at radius 2 is 2.13 bits per heavy atom. The van der Waals surface area contributed by atoms with Crippen molar-refractivity contribution in [3.05, 3.63) is 0 Å². The lowest BCUT2D eigenvalue weighted by molar-refractivity contribution is -0.139. The zero-order valence-electron chi connectivity index (χ0n) is 10.0. The van der Waals surface area contributed by atoms with Crippen LogP contribution in [0.4, 0.5) is 0 Å². The smallest absolute Gasteiger partial charge is 0.240 e. The van der Waals surface area contributed by atoms with Crippen LogP contribution in [0.5, 0.6) is 0 Å². The highest BCUT2D eigenvalue weighted by atomic mass is 16.2. The number of hydrogen-bond donors (Lipinski definition) is 1. The SMILES string of the molecule is CC(C)NC1CCCN(C2(C)CC2)C1=O. The summed E-state index contributed by atoms with van der Waals surface area (Å²) in [7, 11) is 0. The van der Waals surface area contributed by atoms with Gasteiger partial charge in [0.1, 0.15) is 0 Å². The molecule has 86 valence electrons. The van der Waals surface area contributed by atoms with Crippen molar-refractivity contribution >= 4 is 5.91 Å². The Balaban J connectivity index is 2.00. The molecule has 1 amide bonds. The Labute approximate surface area is 92.2 Å². The lowest BCUT2D eigenvalue weighted by Crippen LogP contribution is -2.55. The van der Waals surface area contributed by atoms with E-state index >= 15 is 0 Å². The number of amides is 1. The first-order valence-electron chi connectivity index (χ1n) is 6.10. The molecule has 15 heavy (non-hydrogen) atoms. The molecule has 2 fully saturated rings. The number of nitrogens with one attached hydrogen (secondary N) is 1. The molecule has 1 atom stereocenters. The van der Waals surface area contributed by atoms with Crippen LogP contribution >= 0.6 is 0 Å². The van der Waals surface area contributed by atoms with E-state index in [2.05, 4.69) is 31.0 Å². The van der Waals surface area contributed by atoms with E-state index in [1.807, 2.05) is 0 Å². The Morgan fingerprint density at radius 3 is 2.67 bits per heavy atom. The normalized spacial score (nSPS) is 29.7. The van der Waals surface area contributed by atoms with Gasteiger partial charge in [0, 0.05) is 18.1 Å². The molecule has 0 radical (unpaired) electrons. The highest BCUT2D eigenvalue weighted by molar-refractivity contribution is 5.83. The Kier molecular flexibility index (Phi) is 2.75. The second-order valence-electron chi connectivity index (χ2n) is 5.50. The molecule has 0 spiro atoms. The van der Waals surface area contributed by atoms with E-state index in [1.54, 1.807) is 0 Å². The van der Waals surface area contributed by atoms with Gasteiger partial charge in [-0.2, -0.15) is 0 Å². The highest BCUT2D eigenvalue weighted by Gasteiger charge is 2.48. The first-order chi connectivity index (χ1) is 7.03. The average molecular weight is 210 g/mol. The number of hydrogen-bond acceptors (Lipinski definition) is 2. The highest BCUT2D eigenvalue weighted by Crippen LogP contribution is 2.42. The molecular weight excluding hydrogens is 188 g/mol. The topological polar surface area (TPSA) is 32.3 Å². The third-order valence-electron chi connectivity index (χ3n) is 3.60. The molecule has 2 aliphatic rings. The van der Waals surface area contributed by atoms with Crippen molar-refractivity contribution in [2.45, 2.75) is 64.1 Å². The molecule has 0 bridgehead atoms. The van der Waals surface area contributed by atoms with E-state index in [4.69, 9.17) is 0 Å². The zero-order chi connectivity index (χ0) is 11.1. The summed E-state index contributed by atoms with van der Waals surface area (Å²) in [5, 5.41) is 3.37. The summed E-state index contributed by atoms with van der Waals surface area (Å²) in [5.74, 6) is 0.329. The predicted octanol–water partition coefficient (Wildman–Crippen LogP) is 1.53. The standard InChI is InChI=1S/C12H22N2O/c1-9(2)13-10-5-4-8-14(11(10)15)12(3)6-7-12/h9-10,13H,4-8H2,1-3H3. The second kappa shape index (κ2) is 3.78. The van der Waals surface area contributed by atoms with Crippen LogP contribution in [0, 0.1) is 0 Å². The fourth-order valence-electron chi connectivity index (χ4n) is 2.42. The lowest BCUT2D eigenvalue weighted by atomic mass is 10.0. The van der Waals surface area contributed by atoms with Gasteiger partial charge in [-0.1, -0.05) is 13.8 Å². The Bertz CT molecular complexity index is 258. The number of likely N-dealkylation sites (tertiary alicyclic amines) is 1. The minimum atomic E-state index is 0.0659. The van der Waals surface area contributed by atoms with E-state index in [0.717, 1.165) is 19.4 Å². The van der Waals surface area contributed by atoms with Crippen LogP contribution in [-0.2, 0) is 4.79 Å². The van der Waals surface area contributed by atoms with Crippen molar-refractivity contribution in [3.8, 4) is 0 Å². The molecule has 1 aliphatic heterocycles. The molecule has 2 rings (SSSR count). The predicted molar refractivity (Wildman–Crippen MR) is 60.6 cm³/mol. The quantitative estimate of drug-likeness (QED) is 0.766. The van der Waals surface area contributed by atoms with Gasteiger partial charge >= 0.3 is 0 Å². The molecule has 1 saturated carbocycles. The molecule has 0 aromatic rings. The van der Waals surface area contributed by atoms with Gasteiger partial charge in [0.05, 0.1) is 6.04 Å². The maximum Gasteiger partial charge on any atom is 0.240 e. The number of piperidine rings is 1. The number of carbonyl (C=O) groups is 1. The maximum absolute atomic E-state index is 12.2. The number of carbonyl (C=O) groups excluding carboxylic acids is 1. The maximum atomic E-state index is 12.2. The van der Waals surface area contributed by atoms with Crippen LogP contribution in [0.25, 0.3) is 0 Å². The van der Waals surface area contributed by atoms with Gasteiger partial charge in [0.2, 0.25) is 5.91 Å². The molecule has 3 nitrogen and oxygen atoms in total. The second-order valence-corrected chi connectivity index (χ2v) is 5.50. The van der Waals surface area contributed by atoms with E-state index in [9.17, 15) is 4.79 Å². The van der Waals surface area contributed by atoms with Gasteiger partial charge in [0.25, 0.3) is 0 Å². The van der Waals surface area contributed by atoms with Crippen LogP contribution in [0.3, 0.4) is 0 Å². The van der Waals surface area contributed by atoms with Crippen molar-refractivity contribution < 1.29 is 4.79 Å². The van der Waals surface area contributed by atoms with Crippen molar-refractivity contribution in [2.24, 2.45) is 0 Å². The summed E-state index contributed by atoms with van der Waals surface area (Å²) < 4.78 is 0. The van der Waals surface area contributed by atoms with E-state index < -0.39 is 0 Å². The summed E-state index contributed by atoms with van der Waals surface area (Å²) in [4.78, 5) is 14.3. The summed E-state index contributed by atoms with van der Waals surface area (Å²) in [6, 6.07) is 0.460. The van der Waals surface area contributed by atoms with Crippen molar-refractivity contribution in [3.63, 3.8) is 0 Å². The Hall–Kier alpha value is -0.570. The monoisotopic (exact) mass is 210 g/mol. The minimum Gasteiger partial charge on any atom is -0.336 e. The summed E-state index contributed by atoms with van der Waals surface area (Å²) in [6.45, 7) is 7.38. The molecule has 1 heterocycles. The molecule has 0 aromatic heterocycles. The number of rotatable bonds is 3. The van der Waals surface area contributed by atoms with E-state index in [1.165, 1.54) is 12.8 Å². The largest absolute Gasteiger partial charge is 0.336 e. The number of nitrogens with zero attached hydrogens (tertiary/aromatic N) is 1. The van der Waals surface area contributed by atoms with Crippen molar-refractivity contribution in [2.75, 3.05) is 6.54 Å². The van der Waals surface area contributed by atoms with Gasteiger partial charge in [-0.15, -0.1) is 0 Å². The van der Waals surface area contributed by atoms with Gasteiger partial charge < -0.3 is 10.2 Å². The van der Waals surface area contributed by atoms with Gasteiger partial charge in [0.15, 0.2) is 0 Å². The summed E-state index contributed by atoms with van der Waals surface area (Å²) in [6.07, 6.45) is 4.52. The third-order valence-corrected chi connectivity index (χ3v) is 3.60. The molecular formula is C12H22N2O. The van der Waals surface area contributed by atoms with Gasteiger partial charge in [-0.3, -0.25) is 4.79 Å². The van der Waals surface area contributed by atoms with Crippen LogP contribution in [0.2, 0.25) is 0 Å². The van der Waals surface area contributed by atoms with Crippen LogP contribution in [0.15, 0.2) is 0 Å². The average Bonchev–Trinajstić information content (AvgIpc) is 2.88. The Morgan fingerprint density at radius 1 is 1.47 bits per heavy atom. The lowest BCUT2D eigenvalue weighted by Gasteiger charge is -2.37. The van der Waals surface area contributed by atoms with Crippen LogP contribution in [0.1, 0.15) is 46.5 Å². The molecule has 1 unspecified atom stereocenters. The minimum absolute atomic E-state index is 0.0659. The van der Waals surface area contributed by atoms with E-state index in [-0.39, 0.29) is 11.6 Å². The van der Waals surface area contributed by atoms with Gasteiger partial charge in [-0.25, -0.2) is 0 Å². The molecule has 1 N–H and O–H groups in total. The van der Waals surface area contributed by atoms with E-state index in [0.29, 0.717) is 11.9 Å². The van der Waals surface area contributed by atoms with Crippen molar-refractivity contribution in [1.29, 1.82) is 0 Å². The summed E-state index contributed by atoms with van der Waals surface area (Å²) >= 11 is 0.